The number of halogens is 2. The molecule has 0 aliphatic carbocycles. The molecule has 0 saturated carbocycles. The van der Waals surface area contributed by atoms with Gasteiger partial charge in [0.05, 0.1) is 13.0 Å². The lowest BCUT2D eigenvalue weighted by atomic mass is 10.4. The fourth-order valence-electron chi connectivity index (χ4n) is 0.388. The first-order valence-electron chi connectivity index (χ1n) is 2.81. The van der Waals surface area contributed by atoms with Gasteiger partial charge in [0.25, 0.3) is 0 Å². The minimum absolute atomic E-state index is 0.218. The summed E-state index contributed by atoms with van der Waals surface area (Å²) in [5.41, 5.74) is 0. The molecule has 4 heteroatoms. The first-order chi connectivity index (χ1) is 4.70. The molecule has 0 aliphatic heterocycles. The lowest BCUT2D eigenvalue weighted by molar-refractivity contribution is -0.142. The molecule has 10 heavy (non-hydrogen) atoms. The quantitative estimate of drug-likeness (QED) is 0.738. The van der Waals surface area contributed by atoms with Crippen LogP contribution in [0.25, 0.3) is 0 Å². The molecule has 0 fully saturated rings. The van der Waals surface area contributed by atoms with Gasteiger partial charge < -0.3 is 4.74 Å². The second-order valence-corrected chi connectivity index (χ2v) is 3.01. The number of rotatable bonds is 3. The number of ether oxygens (including phenoxy) is 1. The van der Waals surface area contributed by atoms with Crippen molar-refractivity contribution in [1.29, 1.82) is 0 Å². The van der Waals surface area contributed by atoms with Crippen LogP contribution >= 0.6 is 31.9 Å². The number of hydrogen-bond acceptors (Lipinski definition) is 2. The fourth-order valence-corrected chi connectivity index (χ4v) is 0.779. The SMILES string of the molecule is CCOC(=O)C/C(Br)=C\Br. The molecule has 0 aromatic rings. The van der Waals surface area contributed by atoms with Crippen molar-refractivity contribution in [1.82, 2.24) is 0 Å². The van der Waals surface area contributed by atoms with E-state index in [4.69, 9.17) is 0 Å². The molecular formula is C6H8Br2O2. The molecule has 0 heterocycles. The summed E-state index contributed by atoms with van der Waals surface area (Å²) in [4.78, 5) is 12.3. The van der Waals surface area contributed by atoms with Gasteiger partial charge in [0.15, 0.2) is 0 Å². The van der Waals surface area contributed by atoms with E-state index in [1.165, 1.54) is 0 Å². The van der Waals surface area contributed by atoms with Crippen LogP contribution in [0.4, 0.5) is 0 Å². The van der Waals surface area contributed by atoms with Gasteiger partial charge in [0, 0.05) is 4.48 Å². The summed E-state index contributed by atoms with van der Waals surface area (Å²) in [5, 5.41) is 0. The third-order valence-electron chi connectivity index (χ3n) is 0.737. The molecule has 0 aromatic carbocycles. The van der Waals surface area contributed by atoms with Gasteiger partial charge in [-0.05, 0) is 11.9 Å². The standard InChI is InChI=1S/C6H8Br2O2/c1-2-10-6(9)3-5(8)4-7/h4H,2-3H2,1H3/b5-4+. The molecule has 0 radical (unpaired) electrons. The van der Waals surface area contributed by atoms with Crippen molar-refractivity contribution in [2.24, 2.45) is 0 Å². The molecule has 0 spiro atoms. The van der Waals surface area contributed by atoms with Crippen LogP contribution in [-0.4, -0.2) is 12.6 Å². The van der Waals surface area contributed by atoms with Crippen LogP contribution in [0.3, 0.4) is 0 Å². The lowest BCUT2D eigenvalue weighted by Crippen LogP contribution is -2.02. The van der Waals surface area contributed by atoms with Crippen LogP contribution in [0.2, 0.25) is 0 Å². The number of carbonyl (C=O) groups is 1. The maximum atomic E-state index is 10.7. The second-order valence-electron chi connectivity index (χ2n) is 1.54. The summed E-state index contributed by atoms with van der Waals surface area (Å²) >= 11 is 6.24. The van der Waals surface area contributed by atoms with E-state index in [0.717, 1.165) is 4.48 Å². The van der Waals surface area contributed by atoms with Crippen LogP contribution in [0.5, 0.6) is 0 Å². The van der Waals surface area contributed by atoms with E-state index in [-0.39, 0.29) is 5.97 Å². The summed E-state index contributed by atoms with van der Waals surface area (Å²) in [6, 6.07) is 0. The highest BCUT2D eigenvalue weighted by Crippen LogP contribution is 2.12. The van der Waals surface area contributed by atoms with Gasteiger partial charge in [-0.25, -0.2) is 0 Å². The van der Waals surface area contributed by atoms with Gasteiger partial charge in [-0.1, -0.05) is 31.9 Å². The van der Waals surface area contributed by atoms with E-state index >= 15 is 0 Å². The van der Waals surface area contributed by atoms with Crippen molar-refractivity contribution < 1.29 is 9.53 Å². The van der Waals surface area contributed by atoms with Crippen LogP contribution in [0, 0.1) is 0 Å². The summed E-state index contributed by atoms with van der Waals surface area (Å²) in [5.74, 6) is -0.218. The smallest absolute Gasteiger partial charge is 0.310 e. The minimum atomic E-state index is -0.218. The first kappa shape index (κ1) is 10.2. The molecule has 0 bridgehead atoms. The van der Waals surface area contributed by atoms with Gasteiger partial charge in [-0.15, -0.1) is 0 Å². The number of esters is 1. The monoisotopic (exact) mass is 270 g/mol. The Balaban J connectivity index is 3.58. The molecule has 0 amide bonds. The predicted molar refractivity (Wildman–Crippen MR) is 47.2 cm³/mol. The van der Waals surface area contributed by atoms with E-state index in [2.05, 4.69) is 36.6 Å². The van der Waals surface area contributed by atoms with E-state index in [0.29, 0.717) is 13.0 Å². The zero-order chi connectivity index (χ0) is 7.98. The van der Waals surface area contributed by atoms with Gasteiger partial charge in [-0.2, -0.15) is 0 Å². The molecule has 0 saturated heterocycles. The summed E-state index contributed by atoms with van der Waals surface area (Å²) in [6.07, 6.45) is 0.291. The molecule has 0 atom stereocenters. The third kappa shape index (κ3) is 4.99. The molecule has 0 aromatic heterocycles. The summed E-state index contributed by atoms with van der Waals surface area (Å²) in [6.45, 7) is 2.21. The Kier molecular flexibility index (Phi) is 6.02. The van der Waals surface area contributed by atoms with Gasteiger partial charge >= 0.3 is 5.97 Å². The predicted octanol–water partition coefficient (Wildman–Crippen LogP) is 2.57. The number of carbonyl (C=O) groups excluding carboxylic acids is 1. The highest BCUT2D eigenvalue weighted by atomic mass is 79.9. The van der Waals surface area contributed by atoms with E-state index in [9.17, 15) is 4.79 Å². The Bertz CT molecular complexity index is 143. The highest BCUT2D eigenvalue weighted by Gasteiger charge is 2.02. The van der Waals surface area contributed by atoms with Crippen molar-refractivity contribution in [3.8, 4) is 0 Å². The Morgan fingerprint density at radius 1 is 1.70 bits per heavy atom. The lowest BCUT2D eigenvalue weighted by Gasteiger charge is -1.98. The topological polar surface area (TPSA) is 26.3 Å². The normalized spacial score (nSPS) is 11.3. The zero-order valence-corrected chi connectivity index (χ0v) is 8.74. The Morgan fingerprint density at radius 3 is 2.70 bits per heavy atom. The third-order valence-corrected chi connectivity index (χ3v) is 2.41. The molecule has 0 N–H and O–H groups in total. The molecule has 58 valence electrons. The van der Waals surface area contributed by atoms with Gasteiger partial charge in [-0.3, -0.25) is 4.79 Å². The van der Waals surface area contributed by atoms with Crippen LogP contribution in [0.15, 0.2) is 9.47 Å². The molecule has 2 nitrogen and oxygen atoms in total. The van der Waals surface area contributed by atoms with Gasteiger partial charge in [0.1, 0.15) is 0 Å². The van der Waals surface area contributed by atoms with Gasteiger partial charge in [0.2, 0.25) is 0 Å². The highest BCUT2D eigenvalue weighted by molar-refractivity contribution is 9.14. The van der Waals surface area contributed by atoms with Crippen molar-refractivity contribution >= 4 is 37.8 Å². The van der Waals surface area contributed by atoms with E-state index in [1.54, 1.807) is 11.9 Å². The molecule has 0 rings (SSSR count). The first-order valence-corrected chi connectivity index (χ1v) is 4.52. The zero-order valence-electron chi connectivity index (χ0n) is 5.56. The Morgan fingerprint density at radius 2 is 2.30 bits per heavy atom. The summed E-state index contributed by atoms with van der Waals surface area (Å²) in [7, 11) is 0. The maximum absolute atomic E-state index is 10.7. The summed E-state index contributed by atoms with van der Waals surface area (Å²) < 4.78 is 5.47. The second kappa shape index (κ2) is 5.92. The fraction of sp³-hybridized carbons (Fsp3) is 0.500. The van der Waals surface area contributed by atoms with Crippen molar-refractivity contribution in [3.63, 3.8) is 0 Å². The molecular weight excluding hydrogens is 264 g/mol. The van der Waals surface area contributed by atoms with Crippen LogP contribution < -0.4 is 0 Å². The Labute approximate surface area is 76.9 Å². The molecule has 0 unspecified atom stereocenters. The van der Waals surface area contributed by atoms with E-state index < -0.39 is 0 Å². The van der Waals surface area contributed by atoms with Crippen molar-refractivity contribution in [3.05, 3.63) is 9.47 Å². The van der Waals surface area contributed by atoms with Crippen LogP contribution in [-0.2, 0) is 9.53 Å². The largest absolute Gasteiger partial charge is 0.466 e. The van der Waals surface area contributed by atoms with E-state index in [1.807, 2.05) is 0 Å². The van der Waals surface area contributed by atoms with Crippen LogP contribution in [0.1, 0.15) is 13.3 Å². The van der Waals surface area contributed by atoms with Crippen molar-refractivity contribution in [2.75, 3.05) is 6.61 Å². The number of hydrogen-bond donors (Lipinski definition) is 0. The molecule has 0 aliphatic rings. The van der Waals surface area contributed by atoms with Crippen molar-refractivity contribution in [2.45, 2.75) is 13.3 Å². The minimum Gasteiger partial charge on any atom is -0.466 e. The average molecular weight is 272 g/mol. The average Bonchev–Trinajstić information content (AvgIpc) is 1.88. The maximum Gasteiger partial charge on any atom is 0.310 e. The Hall–Kier alpha value is 0.170.